The van der Waals surface area contributed by atoms with E-state index in [9.17, 15) is 12.8 Å². The maximum Gasteiger partial charge on any atom is 0.216 e. The summed E-state index contributed by atoms with van der Waals surface area (Å²) in [5, 5.41) is 0. The summed E-state index contributed by atoms with van der Waals surface area (Å²) in [5.41, 5.74) is 0.917. The van der Waals surface area contributed by atoms with Crippen LogP contribution < -0.4 is 9.46 Å². The van der Waals surface area contributed by atoms with Crippen LogP contribution in [0.2, 0.25) is 0 Å². The SMILES string of the molecule is CC1(C)C[C@H](NS(=O)(=O)Cc2ccc(F)cc2)c2ccccc2O1. The number of hydrogen-bond donors (Lipinski definition) is 1. The van der Waals surface area contributed by atoms with Gasteiger partial charge in [0.15, 0.2) is 0 Å². The summed E-state index contributed by atoms with van der Waals surface area (Å²) < 4.78 is 46.7. The Morgan fingerprint density at radius 3 is 2.54 bits per heavy atom. The summed E-state index contributed by atoms with van der Waals surface area (Å²) in [6.45, 7) is 3.87. The summed E-state index contributed by atoms with van der Waals surface area (Å²) in [7, 11) is -3.57. The summed E-state index contributed by atoms with van der Waals surface area (Å²) in [5.74, 6) is 0.125. The van der Waals surface area contributed by atoms with E-state index in [0.29, 0.717) is 17.7 Å². The first kappa shape index (κ1) is 16.9. The van der Waals surface area contributed by atoms with Crippen molar-refractivity contribution in [2.45, 2.75) is 37.7 Å². The van der Waals surface area contributed by atoms with Gasteiger partial charge >= 0.3 is 0 Å². The molecule has 0 saturated carbocycles. The fourth-order valence-electron chi connectivity index (χ4n) is 2.97. The number of sulfonamides is 1. The van der Waals surface area contributed by atoms with Crippen molar-refractivity contribution in [3.63, 3.8) is 0 Å². The molecule has 128 valence electrons. The molecule has 0 aliphatic carbocycles. The van der Waals surface area contributed by atoms with E-state index >= 15 is 0 Å². The molecule has 2 aromatic rings. The maximum atomic E-state index is 13.0. The Bertz CT molecular complexity index is 832. The Kier molecular flexibility index (Phi) is 4.36. The second-order valence-corrected chi connectivity index (χ2v) is 8.41. The largest absolute Gasteiger partial charge is 0.487 e. The van der Waals surface area contributed by atoms with Gasteiger partial charge in [-0.3, -0.25) is 0 Å². The van der Waals surface area contributed by atoms with Crippen molar-refractivity contribution in [1.29, 1.82) is 0 Å². The lowest BCUT2D eigenvalue weighted by atomic mass is 9.90. The van der Waals surface area contributed by atoms with Crippen LogP contribution in [0.4, 0.5) is 4.39 Å². The van der Waals surface area contributed by atoms with Crippen molar-refractivity contribution in [3.8, 4) is 5.75 Å². The summed E-state index contributed by atoms with van der Waals surface area (Å²) in [6, 6.07) is 12.6. The lowest BCUT2D eigenvalue weighted by Gasteiger charge is -2.37. The highest BCUT2D eigenvalue weighted by atomic mass is 32.2. The van der Waals surface area contributed by atoms with Crippen molar-refractivity contribution in [3.05, 3.63) is 65.5 Å². The fourth-order valence-corrected chi connectivity index (χ4v) is 4.32. The molecule has 0 amide bonds. The van der Waals surface area contributed by atoms with Gasteiger partial charge < -0.3 is 4.74 Å². The monoisotopic (exact) mass is 349 g/mol. The maximum absolute atomic E-state index is 13.0. The third-order valence-corrected chi connectivity index (χ3v) is 5.33. The lowest BCUT2D eigenvalue weighted by molar-refractivity contribution is 0.0702. The average molecular weight is 349 g/mol. The second kappa shape index (κ2) is 6.18. The molecule has 0 fully saturated rings. The van der Waals surface area contributed by atoms with Crippen LogP contribution in [0, 0.1) is 5.82 Å². The molecule has 0 radical (unpaired) electrons. The van der Waals surface area contributed by atoms with Gasteiger partial charge in [-0.25, -0.2) is 17.5 Å². The number of ether oxygens (including phenoxy) is 1. The van der Waals surface area contributed by atoms with Crippen molar-refractivity contribution < 1.29 is 17.5 Å². The minimum atomic E-state index is -3.57. The zero-order chi connectivity index (χ0) is 17.4. The Hall–Kier alpha value is -1.92. The molecule has 4 nitrogen and oxygen atoms in total. The summed E-state index contributed by atoms with van der Waals surface area (Å²) >= 11 is 0. The zero-order valence-electron chi connectivity index (χ0n) is 13.6. The number of benzene rings is 2. The van der Waals surface area contributed by atoms with E-state index in [0.717, 1.165) is 5.56 Å². The van der Waals surface area contributed by atoms with Crippen LogP contribution in [0.3, 0.4) is 0 Å². The number of halogens is 1. The normalized spacial score (nSPS) is 19.4. The quantitative estimate of drug-likeness (QED) is 0.918. The van der Waals surface area contributed by atoms with Crippen molar-refractivity contribution in [1.82, 2.24) is 4.72 Å². The first-order valence-electron chi connectivity index (χ1n) is 7.76. The van der Waals surface area contributed by atoms with Crippen LogP contribution in [-0.4, -0.2) is 14.0 Å². The molecule has 1 heterocycles. The highest BCUT2D eigenvalue weighted by Gasteiger charge is 2.35. The topological polar surface area (TPSA) is 55.4 Å². The summed E-state index contributed by atoms with van der Waals surface area (Å²) in [4.78, 5) is 0. The smallest absolute Gasteiger partial charge is 0.216 e. The molecule has 1 aliphatic rings. The van der Waals surface area contributed by atoms with Gasteiger partial charge in [0.25, 0.3) is 0 Å². The predicted molar refractivity (Wildman–Crippen MR) is 90.7 cm³/mol. The van der Waals surface area contributed by atoms with E-state index in [1.807, 2.05) is 38.1 Å². The van der Waals surface area contributed by atoms with Crippen LogP contribution in [-0.2, 0) is 15.8 Å². The molecular weight excluding hydrogens is 329 g/mol. The highest BCUT2D eigenvalue weighted by Crippen LogP contribution is 2.39. The predicted octanol–water partition coefficient (Wildman–Crippen LogP) is 3.55. The Balaban J connectivity index is 1.82. The van der Waals surface area contributed by atoms with Gasteiger partial charge in [-0.15, -0.1) is 0 Å². The lowest BCUT2D eigenvalue weighted by Crippen LogP contribution is -2.41. The second-order valence-electron chi connectivity index (χ2n) is 6.66. The van der Waals surface area contributed by atoms with Crippen LogP contribution in [0.5, 0.6) is 5.75 Å². The van der Waals surface area contributed by atoms with Gasteiger partial charge in [-0.2, -0.15) is 0 Å². The van der Waals surface area contributed by atoms with Crippen molar-refractivity contribution in [2.75, 3.05) is 0 Å². The molecular formula is C18H20FNO3S. The molecule has 1 atom stereocenters. The minimum Gasteiger partial charge on any atom is -0.487 e. The van der Waals surface area contributed by atoms with E-state index < -0.39 is 15.6 Å². The number of hydrogen-bond acceptors (Lipinski definition) is 3. The molecule has 1 aliphatic heterocycles. The number of rotatable bonds is 4. The third kappa shape index (κ3) is 3.94. The van der Waals surface area contributed by atoms with Gasteiger partial charge in [-0.1, -0.05) is 30.3 Å². The molecule has 2 aromatic carbocycles. The van der Waals surface area contributed by atoms with Crippen LogP contribution >= 0.6 is 0 Å². The number of fused-ring (bicyclic) bond motifs is 1. The number of para-hydroxylation sites is 1. The van der Waals surface area contributed by atoms with E-state index in [4.69, 9.17) is 4.74 Å². The molecule has 0 saturated heterocycles. The first-order chi connectivity index (χ1) is 11.2. The number of nitrogens with one attached hydrogen (secondary N) is 1. The highest BCUT2D eigenvalue weighted by molar-refractivity contribution is 7.88. The van der Waals surface area contributed by atoms with Crippen molar-refractivity contribution >= 4 is 10.0 Å². The van der Waals surface area contributed by atoms with Gasteiger partial charge in [0.2, 0.25) is 10.0 Å². The van der Waals surface area contributed by atoms with E-state index in [1.54, 1.807) is 0 Å². The molecule has 0 spiro atoms. The minimum absolute atomic E-state index is 0.187. The summed E-state index contributed by atoms with van der Waals surface area (Å²) in [6.07, 6.45) is 0.534. The van der Waals surface area contributed by atoms with E-state index in [2.05, 4.69) is 4.72 Å². The average Bonchev–Trinajstić information content (AvgIpc) is 2.48. The van der Waals surface area contributed by atoms with Crippen LogP contribution in [0.15, 0.2) is 48.5 Å². The molecule has 0 aromatic heterocycles. The van der Waals surface area contributed by atoms with E-state index in [-0.39, 0.29) is 17.6 Å². The van der Waals surface area contributed by atoms with E-state index in [1.165, 1.54) is 24.3 Å². The van der Waals surface area contributed by atoms with Gasteiger partial charge in [0.1, 0.15) is 17.2 Å². The van der Waals surface area contributed by atoms with Crippen LogP contribution in [0.25, 0.3) is 0 Å². The standard InChI is InChI=1S/C18H20FNO3S/c1-18(2)11-16(15-5-3-4-6-17(15)23-18)20-24(21,22)12-13-7-9-14(19)10-8-13/h3-10,16,20H,11-12H2,1-2H3/t16-/m0/s1. The van der Waals surface area contributed by atoms with Crippen molar-refractivity contribution in [2.24, 2.45) is 0 Å². The first-order valence-corrected chi connectivity index (χ1v) is 9.42. The van der Waals surface area contributed by atoms with Gasteiger partial charge in [-0.05, 0) is 37.6 Å². The fraction of sp³-hybridized carbons (Fsp3) is 0.333. The molecule has 6 heteroatoms. The van der Waals surface area contributed by atoms with Gasteiger partial charge in [0.05, 0.1) is 11.8 Å². The molecule has 1 N–H and O–H groups in total. The zero-order valence-corrected chi connectivity index (χ0v) is 14.4. The third-order valence-electron chi connectivity index (χ3n) is 3.97. The molecule has 0 unspecified atom stereocenters. The Labute approximate surface area is 141 Å². The molecule has 3 rings (SSSR count). The van der Waals surface area contributed by atoms with Crippen LogP contribution in [0.1, 0.15) is 37.4 Å². The Morgan fingerprint density at radius 2 is 1.83 bits per heavy atom. The Morgan fingerprint density at radius 1 is 1.17 bits per heavy atom. The molecule has 24 heavy (non-hydrogen) atoms. The molecule has 0 bridgehead atoms. The van der Waals surface area contributed by atoms with Gasteiger partial charge in [0, 0.05) is 12.0 Å².